The number of carbonyl (C=O) groups is 1. The number of carboxylic acids is 1. The van der Waals surface area contributed by atoms with Crippen LogP contribution in [0.15, 0.2) is 83.5 Å². The SMILES string of the molecule is Cc1c(COc2cc(OCc3cncc(OC(F)F)c3)c(CN3CCC(F)C3)cc2Cl)cccc1-c1cccc(-c2nc3cc(CN4CCC[C@H]4C(=O)O)c(OC(F)F)cc3o2)c1C. The van der Waals surface area contributed by atoms with Crippen LogP contribution in [0.25, 0.3) is 33.7 Å². The van der Waals surface area contributed by atoms with Gasteiger partial charge in [-0.2, -0.15) is 17.6 Å². The van der Waals surface area contributed by atoms with Gasteiger partial charge < -0.3 is 28.5 Å². The number of carboxylic acid groups (broad SMARTS) is 1. The molecule has 4 heterocycles. The van der Waals surface area contributed by atoms with Crippen molar-refractivity contribution >= 4 is 28.7 Å². The van der Waals surface area contributed by atoms with E-state index in [4.69, 9.17) is 35.2 Å². The first kappa shape index (κ1) is 44.6. The number of nitrogens with zero attached hydrogens (tertiary/aromatic N) is 4. The minimum absolute atomic E-state index is 0.0285. The fourth-order valence-corrected chi connectivity index (χ4v) is 8.63. The van der Waals surface area contributed by atoms with Crippen molar-refractivity contribution in [2.45, 2.75) is 84.8 Å². The van der Waals surface area contributed by atoms with Gasteiger partial charge in [0.05, 0.1) is 11.2 Å². The molecule has 0 radical (unpaired) electrons. The van der Waals surface area contributed by atoms with Crippen LogP contribution in [-0.2, 0) is 31.1 Å². The molecule has 2 aliphatic heterocycles. The van der Waals surface area contributed by atoms with Gasteiger partial charge in [-0.1, -0.05) is 41.9 Å². The van der Waals surface area contributed by atoms with Crippen molar-refractivity contribution in [3.8, 4) is 45.6 Å². The van der Waals surface area contributed by atoms with Crippen molar-refractivity contribution in [1.29, 1.82) is 0 Å². The lowest BCUT2D eigenvalue weighted by molar-refractivity contribution is -0.142. The summed E-state index contributed by atoms with van der Waals surface area (Å²) in [6.45, 7) is -0.277. The zero-order valence-corrected chi connectivity index (χ0v) is 35.6. The van der Waals surface area contributed by atoms with Crippen LogP contribution in [0.5, 0.6) is 23.0 Å². The number of halogens is 6. The number of aliphatic carboxylic acids is 1. The van der Waals surface area contributed by atoms with Gasteiger partial charge in [0.25, 0.3) is 0 Å². The molecule has 11 nitrogen and oxygen atoms in total. The van der Waals surface area contributed by atoms with Gasteiger partial charge >= 0.3 is 19.2 Å². The molecule has 2 saturated heterocycles. The highest BCUT2D eigenvalue weighted by Gasteiger charge is 2.32. The van der Waals surface area contributed by atoms with E-state index in [0.29, 0.717) is 83.2 Å². The molecule has 6 aromatic rings. The highest BCUT2D eigenvalue weighted by molar-refractivity contribution is 6.32. The Hall–Kier alpha value is -5.97. The van der Waals surface area contributed by atoms with E-state index in [1.165, 1.54) is 24.5 Å². The molecule has 0 saturated carbocycles. The fourth-order valence-electron chi connectivity index (χ4n) is 8.39. The van der Waals surface area contributed by atoms with Crippen molar-refractivity contribution < 1.29 is 55.2 Å². The van der Waals surface area contributed by atoms with Gasteiger partial charge in [0, 0.05) is 66.8 Å². The number of rotatable bonds is 17. The van der Waals surface area contributed by atoms with E-state index in [1.54, 1.807) is 23.1 Å². The zero-order valence-electron chi connectivity index (χ0n) is 34.8. The summed E-state index contributed by atoms with van der Waals surface area (Å²) in [5.41, 5.74) is 7.34. The van der Waals surface area contributed by atoms with E-state index in [-0.39, 0.29) is 49.3 Å². The Kier molecular flexibility index (Phi) is 13.5. The van der Waals surface area contributed by atoms with E-state index in [1.807, 2.05) is 55.1 Å². The molecule has 0 bridgehead atoms. The Morgan fingerprint density at radius 1 is 0.828 bits per heavy atom. The van der Waals surface area contributed by atoms with Crippen LogP contribution in [0.4, 0.5) is 22.0 Å². The number of benzene rings is 4. The van der Waals surface area contributed by atoms with E-state index in [0.717, 1.165) is 27.8 Å². The van der Waals surface area contributed by atoms with E-state index in [2.05, 4.69) is 9.72 Å². The molecule has 336 valence electrons. The molecule has 4 aromatic carbocycles. The Morgan fingerprint density at radius 3 is 2.31 bits per heavy atom. The van der Waals surface area contributed by atoms with E-state index >= 15 is 0 Å². The second-order valence-electron chi connectivity index (χ2n) is 15.9. The first-order valence-electron chi connectivity index (χ1n) is 20.7. The van der Waals surface area contributed by atoms with Crippen molar-refractivity contribution in [2.75, 3.05) is 19.6 Å². The normalized spacial score (nSPS) is 16.9. The monoisotopic (exact) mass is 906 g/mol. The number of aromatic nitrogens is 2. The fraction of sp³-hybridized carbons (Fsp3) is 0.340. The number of hydrogen-bond acceptors (Lipinski definition) is 10. The molecule has 0 aliphatic carbocycles. The molecular weight excluding hydrogens is 863 g/mol. The molecule has 1 unspecified atom stereocenters. The number of alkyl halides is 5. The van der Waals surface area contributed by atoms with Gasteiger partial charge in [-0.3, -0.25) is 19.6 Å². The standard InChI is InChI=1S/C47H44ClF5N4O7/c1-26-29(25-61-42-17-40(30(15-37(42)48)21-56-13-11-32(49)23-56)60-24-28-14-33(20-54-19-28)62-46(50)51)6-3-7-34(26)35-8-4-9-36(27(35)2)44-55-38-16-31(22-57-12-5-10-39(57)45(58)59)41(64-47(52)53)18-43(38)63-44/h3-4,6-9,14-20,32,39,46-47H,5,10-13,21-25H2,1-2H3,(H,58,59)/t32?,39-/m0/s1. The topological polar surface area (TPSA) is 120 Å². The second kappa shape index (κ2) is 19.4. The number of likely N-dealkylation sites (tertiary alicyclic amines) is 2. The highest BCUT2D eigenvalue weighted by atomic mass is 35.5. The minimum atomic E-state index is -3.10. The molecule has 64 heavy (non-hydrogen) atoms. The number of oxazole rings is 1. The summed E-state index contributed by atoms with van der Waals surface area (Å²) in [5.74, 6) is -0.145. The largest absolute Gasteiger partial charge is 0.488 e. The van der Waals surface area contributed by atoms with Gasteiger partial charge in [-0.05, 0) is 91.7 Å². The van der Waals surface area contributed by atoms with Crippen molar-refractivity contribution in [3.63, 3.8) is 0 Å². The first-order chi connectivity index (χ1) is 30.8. The smallest absolute Gasteiger partial charge is 0.387 e. The van der Waals surface area contributed by atoms with Gasteiger partial charge in [-0.15, -0.1) is 0 Å². The summed E-state index contributed by atoms with van der Waals surface area (Å²) in [6, 6.07) is 18.6. The molecule has 2 aromatic heterocycles. The average Bonchev–Trinajstić information content (AvgIpc) is 4.00. The second-order valence-corrected chi connectivity index (χ2v) is 16.3. The Morgan fingerprint density at radius 2 is 1.56 bits per heavy atom. The third-order valence-electron chi connectivity index (χ3n) is 11.6. The molecule has 1 N–H and O–H groups in total. The third kappa shape index (κ3) is 10.2. The van der Waals surface area contributed by atoms with Gasteiger partial charge in [0.2, 0.25) is 5.89 Å². The lowest BCUT2D eigenvalue weighted by atomic mass is 9.91. The summed E-state index contributed by atoms with van der Waals surface area (Å²) in [4.78, 5) is 24.3. The van der Waals surface area contributed by atoms with Crippen LogP contribution in [-0.4, -0.2) is 75.9 Å². The van der Waals surface area contributed by atoms with Crippen LogP contribution in [0.1, 0.15) is 52.6 Å². The summed E-state index contributed by atoms with van der Waals surface area (Å²) in [6.07, 6.45) is 3.30. The average molecular weight is 907 g/mol. The quantitative estimate of drug-likeness (QED) is 0.0881. The molecule has 2 aliphatic rings. The van der Waals surface area contributed by atoms with Gasteiger partial charge in [0.1, 0.15) is 53.9 Å². The number of fused-ring (bicyclic) bond motifs is 1. The number of ether oxygens (including phenoxy) is 4. The zero-order chi connectivity index (χ0) is 45.1. The summed E-state index contributed by atoms with van der Waals surface area (Å²) in [7, 11) is 0. The van der Waals surface area contributed by atoms with Crippen LogP contribution in [0.3, 0.4) is 0 Å². The van der Waals surface area contributed by atoms with E-state index < -0.39 is 31.4 Å². The Labute approximate surface area is 370 Å². The Bertz CT molecular complexity index is 2650. The van der Waals surface area contributed by atoms with Crippen LogP contribution in [0, 0.1) is 13.8 Å². The molecule has 0 amide bonds. The molecule has 17 heteroatoms. The van der Waals surface area contributed by atoms with Crippen molar-refractivity contribution in [1.82, 2.24) is 19.8 Å². The van der Waals surface area contributed by atoms with Crippen molar-refractivity contribution in [3.05, 3.63) is 118 Å². The van der Waals surface area contributed by atoms with Gasteiger partial charge in [0.15, 0.2) is 5.58 Å². The molecule has 2 atom stereocenters. The maximum atomic E-state index is 14.1. The maximum absolute atomic E-state index is 14.1. The number of hydrogen-bond donors (Lipinski definition) is 1. The lowest BCUT2D eigenvalue weighted by Gasteiger charge is -2.22. The summed E-state index contributed by atoms with van der Waals surface area (Å²) < 4.78 is 95.0. The predicted octanol–water partition coefficient (Wildman–Crippen LogP) is 10.8. The number of pyridine rings is 1. The van der Waals surface area contributed by atoms with Crippen molar-refractivity contribution in [2.24, 2.45) is 0 Å². The molecular formula is C47H44ClF5N4O7. The highest BCUT2D eigenvalue weighted by Crippen LogP contribution is 2.39. The summed E-state index contributed by atoms with van der Waals surface area (Å²) in [5, 5.41) is 10.0. The predicted molar refractivity (Wildman–Crippen MR) is 228 cm³/mol. The Balaban J connectivity index is 1.04. The van der Waals surface area contributed by atoms with Crippen LogP contribution < -0.4 is 18.9 Å². The summed E-state index contributed by atoms with van der Waals surface area (Å²) >= 11 is 6.81. The molecule has 0 spiro atoms. The van der Waals surface area contributed by atoms with E-state index in [9.17, 15) is 31.9 Å². The van der Waals surface area contributed by atoms with Crippen LogP contribution >= 0.6 is 11.6 Å². The third-order valence-corrected chi connectivity index (χ3v) is 11.9. The lowest BCUT2D eigenvalue weighted by Crippen LogP contribution is -2.35. The molecule has 8 rings (SSSR count). The van der Waals surface area contributed by atoms with Crippen LogP contribution in [0.2, 0.25) is 5.02 Å². The maximum Gasteiger partial charge on any atom is 0.387 e. The first-order valence-corrected chi connectivity index (χ1v) is 21.0. The van der Waals surface area contributed by atoms with Gasteiger partial charge in [-0.25, -0.2) is 9.37 Å². The molecule has 2 fully saturated rings. The minimum Gasteiger partial charge on any atom is -0.488 e.